The second kappa shape index (κ2) is 7.38. The summed E-state index contributed by atoms with van der Waals surface area (Å²) in [6.45, 7) is 0. The van der Waals surface area contributed by atoms with Gasteiger partial charge < -0.3 is 5.21 Å². The fourth-order valence-corrected chi connectivity index (χ4v) is 4.63. The van der Waals surface area contributed by atoms with Crippen molar-refractivity contribution < 1.29 is 5.21 Å². The van der Waals surface area contributed by atoms with Gasteiger partial charge in [-0.05, 0) is 23.5 Å². The Hall–Kier alpha value is -2.53. The third kappa shape index (κ3) is 3.27. The second-order valence-electron chi connectivity index (χ2n) is 6.59. The van der Waals surface area contributed by atoms with E-state index < -0.39 is 0 Å². The predicted octanol–water partition coefficient (Wildman–Crippen LogP) is 4.62. The van der Waals surface area contributed by atoms with Gasteiger partial charge >= 0.3 is 0 Å². The molecule has 0 saturated carbocycles. The Balaban J connectivity index is 1.63. The summed E-state index contributed by atoms with van der Waals surface area (Å²) in [5.41, 5.74) is 5.44. The lowest BCUT2D eigenvalue weighted by molar-refractivity contribution is 0.316. The fourth-order valence-electron chi connectivity index (χ4n) is 3.58. The van der Waals surface area contributed by atoms with E-state index in [4.69, 9.17) is 5.10 Å². The van der Waals surface area contributed by atoms with Gasteiger partial charge in [-0.15, -0.1) is 0 Å². The zero-order chi connectivity index (χ0) is 17.9. The van der Waals surface area contributed by atoms with Gasteiger partial charge in [0.05, 0.1) is 11.3 Å². The number of oxime groups is 1. The minimum absolute atomic E-state index is 0.317. The summed E-state index contributed by atoms with van der Waals surface area (Å²) in [6.07, 6.45) is 1.64. The molecule has 1 aliphatic rings. The van der Waals surface area contributed by atoms with Crippen molar-refractivity contribution in [3.63, 3.8) is 0 Å². The summed E-state index contributed by atoms with van der Waals surface area (Å²) in [4.78, 5) is 0. The standard InChI is InChI=1S/C21H21N3OS/c1-24-19-13-17(16-10-6-3-7-11-16)12-18(23-25)20(19)21(22-24)26-14-15-8-4-2-5-9-15/h2-11,17,25H,12-14H2,1H3/b23-18+. The van der Waals surface area contributed by atoms with Crippen molar-refractivity contribution in [3.05, 3.63) is 83.0 Å². The first-order valence-electron chi connectivity index (χ1n) is 8.75. The molecule has 1 atom stereocenters. The van der Waals surface area contributed by atoms with Crippen LogP contribution in [0.25, 0.3) is 0 Å². The average Bonchev–Trinajstić information content (AvgIpc) is 3.03. The average molecular weight is 363 g/mol. The molecule has 4 rings (SSSR count). The highest BCUT2D eigenvalue weighted by molar-refractivity contribution is 7.98. The minimum atomic E-state index is 0.317. The molecule has 132 valence electrons. The van der Waals surface area contributed by atoms with Crippen molar-refractivity contribution in [1.29, 1.82) is 0 Å². The van der Waals surface area contributed by atoms with Gasteiger partial charge in [0.1, 0.15) is 5.03 Å². The molecule has 4 nitrogen and oxygen atoms in total. The molecular formula is C21H21N3OS. The van der Waals surface area contributed by atoms with Crippen LogP contribution >= 0.6 is 11.8 Å². The van der Waals surface area contributed by atoms with Crippen LogP contribution in [-0.2, 0) is 19.2 Å². The monoisotopic (exact) mass is 363 g/mol. The van der Waals surface area contributed by atoms with Crippen LogP contribution in [0.2, 0.25) is 0 Å². The number of fused-ring (bicyclic) bond motifs is 1. The summed E-state index contributed by atoms with van der Waals surface area (Å²) in [5, 5.41) is 19.0. The zero-order valence-electron chi connectivity index (χ0n) is 14.7. The zero-order valence-corrected chi connectivity index (χ0v) is 15.5. The van der Waals surface area contributed by atoms with E-state index >= 15 is 0 Å². The fraction of sp³-hybridized carbons (Fsp3) is 0.238. The number of aryl methyl sites for hydroxylation is 1. The van der Waals surface area contributed by atoms with Crippen molar-refractivity contribution >= 4 is 17.5 Å². The number of aromatic nitrogens is 2. The molecule has 5 heteroatoms. The highest BCUT2D eigenvalue weighted by atomic mass is 32.2. The molecule has 0 saturated heterocycles. The molecule has 1 aromatic heterocycles. The highest BCUT2D eigenvalue weighted by Crippen LogP contribution is 2.37. The van der Waals surface area contributed by atoms with E-state index in [9.17, 15) is 5.21 Å². The largest absolute Gasteiger partial charge is 0.411 e. The molecule has 0 spiro atoms. The number of hydrogen-bond acceptors (Lipinski definition) is 4. The maximum absolute atomic E-state index is 9.66. The predicted molar refractivity (Wildman–Crippen MR) is 105 cm³/mol. The molecule has 0 fully saturated rings. The van der Waals surface area contributed by atoms with E-state index in [1.807, 2.05) is 23.9 Å². The SMILES string of the molecule is Cn1nc(SCc2ccccc2)c2c1CC(c1ccccc1)C/C2=N\O. The number of benzene rings is 2. The van der Waals surface area contributed by atoms with Crippen LogP contribution in [0.15, 0.2) is 70.8 Å². The van der Waals surface area contributed by atoms with Gasteiger partial charge in [0, 0.05) is 24.9 Å². The highest BCUT2D eigenvalue weighted by Gasteiger charge is 2.31. The van der Waals surface area contributed by atoms with Gasteiger partial charge in [-0.2, -0.15) is 5.10 Å². The number of hydrogen-bond donors (Lipinski definition) is 1. The van der Waals surface area contributed by atoms with Gasteiger partial charge in [-0.1, -0.05) is 77.6 Å². The first kappa shape index (κ1) is 16.9. The molecule has 3 aromatic rings. The number of nitrogens with zero attached hydrogens (tertiary/aromatic N) is 3. The van der Waals surface area contributed by atoms with Crippen molar-refractivity contribution in [2.24, 2.45) is 12.2 Å². The first-order chi connectivity index (χ1) is 12.8. The molecule has 26 heavy (non-hydrogen) atoms. The summed E-state index contributed by atoms with van der Waals surface area (Å²) < 4.78 is 1.95. The van der Waals surface area contributed by atoms with Crippen molar-refractivity contribution in [1.82, 2.24) is 9.78 Å². The van der Waals surface area contributed by atoms with Gasteiger partial charge in [-0.25, -0.2) is 0 Å². The molecule has 1 N–H and O–H groups in total. The van der Waals surface area contributed by atoms with Crippen molar-refractivity contribution in [2.75, 3.05) is 0 Å². The molecule has 2 aromatic carbocycles. The molecule has 0 bridgehead atoms. The van der Waals surface area contributed by atoms with Gasteiger partial charge in [0.2, 0.25) is 0 Å². The Bertz CT molecular complexity index is 919. The Morgan fingerprint density at radius 2 is 1.77 bits per heavy atom. The van der Waals surface area contributed by atoms with Crippen LogP contribution in [0.4, 0.5) is 0 Å². The smallest absolute Gasteiger partial charge is 0.128 e. The van der Waals surface area contributed by atoms with Crippen LogP contribution in [0.1, 0.15) is 34.7 Å². The molecule has 0 radical (unpaired) electrons. The van der Waals surface area contributed by atoms with Gasteiger partial charge in [-0.3, -0.25) is 4.68 Å². The Labute approximate surface area is 157 Å². The van der Waals surface area contributed by atoms with Crippen LogP contribution in [0, 0.1) is 0 Å². The molecule has 1 unspecified atom stereocenters. The molecule has 1 aliphatic carbocycles. The van der Waals surface area contributed by atoms with E-state index in [-0.39, 0.29) is 0 Å². The van der Waals surface area contributed by atoms with E-state index in [0.29, 0.717) is 5.92 Å². The number of rotatable bonds is 4. The summed E-state index contributed by atoms with van der Waals surface area (Å²) in [5.74, 6) is 1.17. The molecule has 0 aliphatic heterocycles. The van der Waals surface area contributed by atoms with E-state index in [1.165, 1.54) is 11.1 Å². The van der Waals surface area contributed by atoms with E-state index in [2.05, 4.69) is 53.7 Å². The summed E-state index contributed by atoms with van der Waals surface area (Å²) in [6, 6.07) is 20.8. The Morgan fingerprint density at radius 1 is 1.08 bits per heavy atom. The van der Waals surface area contributed by atoms with E-state index in [0.717, 1.165) is 40.6 Å². The maximum atomic E-state index is 9.66. The quantitative estimate of drug-likeness (QED) is 0.418. The third-order valence-corrected chi connectivity index (χ3v) is 5.95. The Morgan fingerprint density at radius 3 is 2.46 bits per heavy atom. The third-order valence-electron chi connectivity index (χ3n) is 4.91. The van der Waals surface area contributed by atoms with E-state index in [1.54, 1.807) is 11.8 Å². The second-order valence-corrected chi connectivity index (χ2v) is 7.55. The molecule has 1 heterocycles. The molecule has 0 amide bonds. The summed E-state index contributed by atoms with van der Waals surface area (Å²) in [7, 11) is 1.98. The van der Waals surface area contributed by atoms with Crippen LogP contribution in [0.3, 0.4) is 0 Å². The Kier molecular flexibility index (Phi) is 4.80. The van der Waals surface area contributed by atoms with Crippen molar-refractivity contribution in [2.45, 2.75) is 29.5 Å². The van der Waals surface area contributed by atoms with Crippen LogP contribution in [-0.4, -0.2) is 20.7 Å². The lowest BCUT2D eigenvalue weighted by Crippen LogP contribution is -2.21. The minimum Gasteiger partial charge on any atom is -0.411 e. The normalized spacial score (nSPS) is 18.0. The van der Waals surface area contributed by atoms with Crippen LogP contribution < -0.4 is 0 Å². The summed E-state index contributed by atoms with van der Waals surface area (Å²) >= 11 is 1.70. The lowest BCUT2D eigenvalue weighted by Gasteiger charge is -2.24. The van der Waals surface area contributed by atoms with Gasteiger partial charge in [0.25, 0.3) is 0 Å². The lowest BCUT2D eigenvalue weighted by atomic mass is 9.82. The van der Waals surface area contributed by atoms with Crippen molar-refractivity contribution in [3.8, 4) is 0 Å². The first-order valence-corrected chi connectivity index (χ1v) is 9.73. The number of thioether (sulfide) groups is 1. The van der Waals surface area contributed by atoms with Crippen LogP contribution in [0.5, 0.6) is 0 Å². The molecular weight excluding hydrogens is 342 g/mol. The van der Waals surface area contributed by atoms with Gasteiger partial charge in [0.15, 0.2) is 0 Å². The topological polar surface area (TPSA) is 50.4 Å². The maximum Gasteiger partial charge on any atom is 0.128 e.